The molecule has 4 aromatic rings. The Kier molecular flexibility index (Phi) is 6.66. The number of aromatic nitrogens is 2. The summed E-state index contributed by atoms with van der Waals surface area (Å²) in [4.78, 5) is 9.69. The zero-order valence-corrected chi connectivity index (χ0v) is 18.3. The van der Waals surface area contributed by atoms with Crippen LogP contribution >= 0.6 is 22.9 Å². The number of ether oxygens (including phenoxy) is 1. The van der Waals surface area contributed by atoms with Crippen LogP contribution < -0.4 is 16.8 Å². The third-order valence-corrected chi connectivity index (χ3v) is 5.88. The Hall–Kier alpha value is -3.13. The lowest BCUT2D eigenvalue weighted by atomic mass is 10.0. The fourth-order valence-electron chi connectivity index (χ4n) is 3.20. The van der Waals surface area contributed by atoms with Crippen LogP contribution in [0.4, 0.5) is 17.5 Å². The van der Waals surface area contributed by atoms with Gasteiger partial charge in [0.05, 0.1) is 23.2 Å². The van der Waals surface area contributed by atoms with E-state index in [2.05, 4.69) is 15.3 Å². The molecule has 5 N–H and O–H groups in total. The molecule has 0 aliphatic heterocycles. The summed E-state index contributed by atoms with van der Waals surface area (Å²) in [6, 6.07) is 21.8. The second kappa shape index (κ2) is 9.78. The number of rotatable bonds is 8. The minimum absolute atomic E-state index is 0.132. The third kappa shape index (κ3) is 5.52. The first-order valence-electron chi connectivity index (χ1n) is 9.70. The van der Waals surface area contributed by atoms with Crippen molar-refractivity contribution in [2.24, 2.45) is 0 Å². The molecule has 0 saturated carbocycles. The third-order valence-electron chi connectivity index (χ3n) is 4.65. The molecule has 0 fully saturated rings. The Morgan fingerprint density at radius 2 is 1.68 bits per heavy atom. The molecule has 0 atom stereocenters. The highest BCUT2D eigenvalue weighted by Gasteiger charge is 2.14. The largest absolute Gasteiger partial charge is 0.383 e. The summed E-state index contributed by atoms with van der Waals surface area (Å²) in [5, 5.41) is 3.39. The van der Waals surface area contributed by atoms with E-state index in [1.807, 2.05) is 66.7 Å². The van der Waals surface area contributed by atoms with Crippen molar-refractivity contribution < 1.29 is 4.74 Å². The van der Waals surface area contributed by atoms with Crippen LogP contribution in [0.2, 0.25) is 4.34 Å². The molecule has 8 heteroatoms. The molecule has 0 aliphatic carbocycles. The van der Waals surface area contributed by atoms with E-state index in [1.54, 1.807) is 11.3 Å². The molecule has 0 unspecified atom stereocenters. The highest BCUT2D eigenvalue weighted by atomic mass is 35.5. The number of anilines is 3. The summed E-state index contributed by atoms with van der Waals surface area (Å²) in [5.41, 5.74) is 16.4. The normalized spacial score (nSPS) is 10.9. The topological polar surface area (TPSA) is 99.1 Å². The van der Waals surface area contributed by atoms with E-state index < -0.39 is 0 Å². The SMILES string of the molecule is Nc1nc(N)c(-c2ccc(NCc3ccc(Cl)s3)cc2)c(COCc2ccccc2)n1. The molecule has 6 nitrogen and oxygen atoms in total. The molecular weight excluding hydrogens is 430 g/mol. The smallest absolute Gasteiger partial charge is 0.222 e. The van der Waals surface area contributed by atoms with Crippen molar-refractivity contribution in [3.8, 4) is 11.1 Å². The number of nitrogen functional groups attached to an aromatic ring is 2. The summed E-state index contributed by atoms with van der Waals surface area (Å²) in [6.07, 6.45) is 0. The van der Waals surface area contributed by atoms with E-state index in [0.717, 1.165) is 26.7 Å². The summed E-state index contributed by atoms with van der Waals surface area (Å²) in [5.74, 6) is 0.465. The molecule has 158 valence electrons. The van der Waals surface area contributed by atoms with Crippen molar-refractivity contribution in [1.29, 1.82) is 0 Å². The molecule has 2 heterocycles. The minimum atomic E-state index is 0.132. The van der Waals surface area contributed by atoms with Crippen LogP contribution in [0.1, 0.15) is 16.1 Å². The van der Waals surface area contributed by atoms with Gasteiger partial charge < -0.3 is 21.5 Å². The van der Waals surface area contributed by atoms with Crippen LogP contribution in [0.25, 0.3) is 11.1 Å². The molecule has 0 spiro atoms. The molecular formula is C23H22ClN5OS. The van der Waals surface area contributed by atoms with Gasteiger partial charge in [0.1, 0.15) is 5.82 Å². The van der Waals surface area contributed by atoms with Gasteiger partial charge in [-0.2, -0.15) is 4.98 Å². The summed E-state index contributed by atoms with van der Waals surface area (Å²) < 4.78 is 6.65. The van der Waals surface area contributed by atoms with Crippen molar-refractivity contribution in [3.05, 3.63) is 87.2 Å². The van der Waals surface area contributed by atoms with E-state index in [0.29, 0.717) is 24.7 Å². The van der Waals surface area contributed by atoms with Crippen molar-refractivity contribution >= 4 is 40.4 Å². The molecule has 2 aromatic heterocycles. The van der Waals surface area contributed by atoms with Gasteiger partial charge in [-0.05, 0) is 35.4 Å². The minimum Gasteiger partial charge on any atom is -0.383 e. The molecule has 4 rings (SSSR count). The molecule has 0 saturated heterocycles. The maximum atomic E-state index is 6.20. The van der Waals surface area contributed by atoms with Crippen LogP contribution in [-0.4, -0.2) is 9.97 Å². The standard InChI is InChI=1S/C23H22ClN5OS/c24-20-11-10-18(31-20)12-27-17-8-6-16(7-9-17)21-19(28-23(26)29-22(21)25)14-30-13-15-4-2-1-3-5-15/h1-11,27H,12-14H2,(H4,25,26,28,29). The summed E-state index contributed by atoms with van der Waals surface area (Å²) in [7, 11) is 0. The average molecular weight is 452 g/mol. The highest BCUT2D eigenvalue weighted by Crippen LogP contribution is 2.30. The van der Waals surface area contributed by atoms with Crippen LogP contribution in [-0.2, 0) is 24.5 Å². The fraction of sp³-hybridized carbons (Fsp3) is 0.130. The van der Waals surface area contributed by atoms with E-state index in [9.17, 15) is 0 Å². The molecule has 0 bridgehead atoms. The second-order valence-corrected chi connectivity index (χ2v) is 8.70. The molecule has 0 amide bonds. The lowest BCUT2D eigenvalue weighted by Gasteiger charge is -2.13. The number of halogens is 1. The Morgan fingerprint density at radius 1 is 0.903 bits per heavy atom. The molecule has 0 radical (unpaired) electrons. The maximum Gasteiger partial charge on any atom is 0.222 e. The zero-order valence-electron chi connectivity index (χ0n) is 16.7. The van der Waals surface area contributed by atoms with Crippen LogP contribution in [0.15, 0.2) is 66.7 Å². The van der Waals surface area contributed by atoms with E-state index in [4.69, 9.17) is 27.8 Å². The van der Waals surface area contributed by atoms with Crippen molar-refractivity contribution in [3.63, 3.8) is 0 Å². The quantitative estimate of drug-likeness (QED) is 0.334. The lowest BCUT2D eigenvalue weighted by Crippen LogP contribution is -2.08. The lowest BCUT2D eigenvalue weighted by molar-refractivity contribution is 0.105. The number of thiophene rings is 1. The van der Waals surface area contributed by atoms with Crippen molar-refractivity contribution in [2.75, 3.05) is 16.8 Å². The van der Waals surface area contributed by atoms with Crippen molar-refractivity contribution in [1.82, 2.24) is 9.97 Å². The highest BCUT2D eigenvalue weighted by molar-refractivity contribution is 7.16. The fourth-order valence-corrected chi connectivity index (χ4v) is 4.22. The van der Waals surface area contributed by atoms with E-state index >= 15 is 0 Å². The van der Waals surface area contributed by atoms with Crippen LogP contribution in [0.5, 0.6) is 0 Å². The molecule has 0 aliphatic rings. The van der Waals surface area contributed by atoms with E-state index in [-0.39, 0.29) is 12.6 Å². The zero-order chi connectivity index (χ0) is 21.6. The van der Waals surface area contributed by atoms with Gasteiger partial charge >= 0.3 is 0 Å². The Bertz CT molecular complexity index is 1150. The van der Waals surface area contributed by atoms with Gasteiger partial charge in [0, 0.05) is 22.7 Å². The monoisotopic (exact) mass is 451 g/mol. The number of benzene rings is 2. The van der Waals surface area contributed by atoms with Gasteiger partial charge in [0.2, 0.25) is 5.95 Å². The predicted molar refractivity (Wildman–Crippen MR) is 128 cm³/mol. The van der Waals surface area contributed by atoms with Gasteiger partial charge in [0.25, 0.3) is 0 Å². The first-order chi connectivity index (χ1) is 15.1. The van der Waals surface area contributed by atoms with Gasteiger partial charge in [-0.1, -0.05) is 54.1 Å². The van der Waals surface area contributed by atoms with Gasteiger partial charge in [-0.25, -0.2) is 4.98 Å². The number of nitrogens with two attached hydrogens (primary N) is 2. The van der Waals surface area contributed by atoms with E-state index in [1.165, 1.54) is 4.88 Å². The average Bonchev–Trinajstić information content (AvgIpc) is 3.18. The Balaban J connectivity index is 1.48. The Labute approximate surface area is 189 Å². The number of nitrogens with one attached hydrogen (secondary N) is 1. The maximum absolute atomic E-state index is 6.20. The van der Waals surface area contributed by atoms with Gasteiger partial charge in [-0.15, -0.1) is 11.3 Å². The number of hydrogen-bond acceptors (Lipinski definition) is 7. The predicted octanol–water partition coefficient (Wildman–Crippen LogP) is 5.35. The molecule has 2 aromatic carbocycles. The van der Waals surface area contributed by atoms with Crippen LogP contribution in [0, 0.1) is 0 Å². The number of hydrogen-bond donors (Lipinski definition) is 3. The Morgan fingerprint density at radius 3 is 2.39 bits per heavy atom. The van der Waals surface area contributed by atoms with Gasteiger partial charge in [0.15, 0.2) is 0 Å². The second-order valence-electron chi connectivity index (χ2n) is 6.90. The molecule has 31 heavy (non-hydrogen) atoms. The van der Waals surface area contributed by atoms with Crippen LogP contribution in [0.3, 0.4) is 0 Å². The summed E-state index contributed by atoms with van der Waals surface area (Å²) >= 11 is 7.55. The summed E-state index contributed by atoms with van der Waals surface area (Å²) in [6.45, 7) is 1.46. The van der Waals surface area contributed by atoms with Gasteiger partial charge in [-0.3, -0.25) is 0 Å². The first-order valence-corrected chi connectivity index (χ1v) is 10.9. The first kappa shape index (κ1) is 21.1. The number of nitrogens with zero attached hydrogens (tertiary/aromatic N) is 2. The van der Waals surface area contributed by atoms with Crippen molar-refractivity contribution in [2.45, 2.75) is 19.8 Å².